The van der Waals surface area contributed by atoms with Crippen LogP contribution in [0.4, 0.5) is 5.69 Å². The zero-order valence-corrected chi connectivity index (χ0v) is 15.7. The van der Waals surface area contributed by atoms with Crippen LogP contribution >= 0.6 is 11.6 Å². The van der Waals surface area contributed by atoms with Gasteiger partial charge in [0.05, 0.1) is 9.92 Å². The number of hydrogen-bond donors (Lipinski definition) is 2. The van der Waals surface area contributed by atoms with E-state index in [1.807, 2.05) is 0 Å². The van der Waals surface area contributed by atoms with Gasteiger partial charge < -0.3 is 15.0 Å². The Morgan fingerprint density at radius 2 is 1.78 bits per heavy atom. The van der Waals surface area contributed by atoms with Gasteiger partial charge in [-0.15, -0.1) is 0 Å². The van der Waals surface area contributed by atoms with Gasteiger partial charge in [0.25, 0.3) is 5.91 Å². The monoisotopic (exact) mass is 406 g/mol. The van der Waals surface area contributed by atoms with E-state index in [1.54, 1.807) is 24.3 Å². The topological polar surface area (TPSA) is 105 Å². The van der Waals surface area contributed by atoms with Crippen molar-refractivity contribution in [1.29, 1.82) is 0 Å². The summed E-state index contributed by atoms with van der Waals surface area (Å²) in [6, 6.07) is 12.8. The number of hydrogen-bond acceptors (Lipinski definition) is 5. The number of amides is 1. The molecule has 2 N–H and O–H groups in total. The molecule has 1 amide bonds. The summed E-state index contributed by atoms with van der Waals surface area (Å²) in [5.41, 5.74) is 1.14. The van der Waals surface area contributed by atoms with Crippen molar-refractivity contribution >= 4 is 49.9 Å². The third kappa shape index (κ3) is 4.29. The molecule has 140 valence electrons. The number of aromatic nitrogens is 1. The molecular weight excluding hydrogens is 392 g/mol. The molecule has 0 aliphatic carbocycles. The van der Waals surface area contributed by atoms with Gasteiger partial charge in [-0.2, -0.15) is 0 Å². The average Bonchev–Trinajstić information content (AvgIpc) is 2.97. The predicted octanol–water partition coefficient (Wildman–Crippen LogP) is 3.02. The number of benzene rings is 2. The third-order valence-corrected chi connectivity index (χ3v) is 5.27. The fourth-order valence-electron chi connectivity index (χ4n) is 2.43. The molecule has 1 aromatic heterocycles. The minimum atomic E-state index is -3.31. The summed E-state index contributed by atoms with van der Waals surface area (Å²) >= 11 is 6.17. The molecule has 7 nitrogen and oxygen atoms in total. The zero-order chi connectivity index (χ0) is 19.6. The first-order chi connectivity index (χ1) is 12.8. The maximum atomic E-state index is 12.2. The first kappa shape index (κ1) is 18.9. The second-order valence-corrected chi connectivity index (χ2v) is 8.17. The van der Waals surface area contributed by atoms with E-state index in [0.29, 0.717) is 16.6 Å². The number of sulfone groups is 1. The van der Waals surface area contributed by atoms with Crippen LogP contribution in [0, 0.1) is 0 Å². The SMILES string of the molecule is CS(=O)(=O)c1ccc(NC(=O)COC(=O)c2[nH]c3ccccc3c2Cl)cc1. The van der Waals surface area contributed by atoms with Crippen molar-refractivity contribution < 1.29 is 22.7 Å². The number of carbonyl (C=O) groups is 2. The molecule has 0 aliphatic heterocycles. The van der Waals surface area contributed by atoms with Crippen LogP contribution in [0.25, 0.3) is 10.9 Å². The van der Waals surface area contributed by atoms with Crippen molar-refractivity contribution in [2.45, 2.75) is 4.90 Å². The second kappa shape index (κ2) is 7.42. The molecule has 0 saturated heterocycles. The van der Waals surface area contributed by atoms with E-state index in [4.69, 9.17) is 16.3 Å². The average molecular weight is 407 g/mol. The number of ether oxygens (including phenoxy) is 1. The summed E-state index contributed by atoms with van der Waals surface area (Å²) in [7, 11) is -3.31. The van der Waals surface area contributed by atoms with E-state index >= 15 is 0 Å². The summed E-state index contributed by atoms with van der Waals surface area (Å²) in [5, 5.41) is 3.43. The van der Waals surface area contributed by atoms with Gasteiger partial charge in [-0.05, 0) is 30.3 Å². The highest BCUT2D eigenvalue weighted by molar-refractivity contribution is 7.90. The number of para-hydroxylation sites is 1. The Kier molecular flexibility index (Phi) is 5.20. The lowest BCUT2D eigenvalue weighted by molar-refractivity contribution is -0.119. The van der Waals surface area contributed by atoms with Crippen molar-refractivity contribution in [1.82, 2.24) is 4.98 Å². The highest BCUT2D eigenvalue weighted by atomic mass is 35.5. The van der Waals surface area contributed by atoms with Gasteiger partial charge in [0.15, 0.2) is 16.4 Å². The highest BCUT2D eigenvalue weighted by Crippen LogP contribution is 2.27. The Morgan fingerprint density at radius 1 is 1.11 bits per heavy atom. The quantitative estimate of drug-likeness (QED) is 0.633. The van der Waals surface area contributed by atoms with E-state index in [1.165, 1.54) is 24.3 Å². The number of H-pyrrole nitrogens is 1. The summed E-state index contributed by atoms with van der Waals surface area (Å²) < 4.78 is 27.8. The Hall–Kier alpha value is -2.84. The van der Waals surface area contributed by atoms with Crippen molar-refractivity contribution in [3.8, 4) is 0 Å². The molecule has 0 atom stereocenters. The standard InChI is InChI=1S/C18H15ClN2O5S/c1-27(24,25)12-8-6-11(7-9-12)20-15(22)10-26-18(23)17-16(19)13-4-2-3-5-14(13)21-17/h2-9,21H,10H2,1H3,(H,20,22). The van der Waals surface area contributed by atoms with Crippen LogP contribution in [0.3, 0.4) is 0 Å². The van der Waals surface area contributed by atoms with Gasteiger partial charge >= 0.3 is 5.97 Å². The van der Waals surface area contributed by atoms with Gasteiger partial charge in [0.2, 0.25) is 0 Å². The highest BCUT2D eigenvalue weighted by Gasteiger charge is 2.18. The fourth-order valence-corrected chi connectivity index (χ4v) is 3.35. The lowest BCUT2D eigenvalue weighted by Crippen LogP contribution is -2.21. The number of carbonyl (C=O) groups excluding carboxylic acids is 2. The Morgan fingerprint density at radius 3 is 2.41 bits per heavy atom. The molecule has 3 aromatic rings. The summed E-state index contributed by atoms with van der Waals surface area (Å²) in [6.07, 6.45) is 1.09. The van der Waals surface area contributed by atoms with Crippen LogP contribution in [0.15, 0.2) is 53.4 Å². The van der Waals surface area contributed by atoms with Crippen LogP contribution in [0.1, 0.15) is 10.5 Å². The van der Waals surface area contributed by atoms with Crippen molar-refractivity contribution in [2.75, 3.05) is 18.2 Å². The van der Waals surface area contributed by atoms with Crippen LogP contribution in [-0.4, -0.2) is 38.1 Å². The van der Waals surface area contributed by atoms with Crippen LogP contribution < -0.4 is 5.32 Å². The second-order valence-electron chi connectivity index (χ2n) is 5.78. The first-order valence-corrected chi connectivity index (χ1v) is 10.1. The van der Waals surface area contributed by atoms with Gasteiger partial charge in [0, 0.05) is 22.8 Å². The minimum absolute atomic E-state index is 0.0724. The maximum absolute atomic E-state index is 12.2. The third-order valence-electron chi connectivity index (χ3n) is 3.75. The smallest absolute Gasteiger partial charge is 0.356 e. The molecule has 1 heterocycles. The van der Waals surface area contributed by atoms with Crippen LogP contribution in [-0.2, 0) is 19.4 Å². The zero-order valence-electron chi connectivity index (χ0n) is 14.2. The number of nitrogens with one attached hydrogen (secondary N) is 2. The summed E-state index contributed by atoms with van der Waals surface area (Å²) in [5.74, 6) is -1.32. The number of anilines is 1. The number of rotatable bonds is 5. The molecule has 0 radical (unpaired) electrons. The fraction of sp³-hybridized carbons (Fsp3) is 0.111. The number of aromatic amines is 1. The molecule has 0 fully saturated rings. The largest absolute Gasteiger partial charge is 0.451 e. The molecule has 0 spiro atoms. The van der Waals surface area contributed by atoms with E-state index in [-0.39, 0.29) is 15.6 Å². The lowest BCUT2D eigenvalue weighted by atomic mass is 10.2. The van der Waals surface area contributed by atoms with Gasteiger partial charge in [-0.1, -0.05) is 29.8 Å². The van der Waals surface area contributed by atoms with E-state index in [0.717, 1.165) is 6.26 Å². The molecular formula is C18H15ClN2O5S. The Bertz CT molecular complexity index is 1120. The lowest BCUT2D eigenvalue weighted by Gasteiger charge is -2.07. The van der Waals surface area contributed by atoms with Gasteiger partial charge in [-0.25, -0.2) is 13.2 Å². The minimum Gasteiger partial charge on any atom is -0.451 e. The number of esters is 1. The molecule has 0 unspecified atom stereocenters. The molecule has 0 bridgehead atoms. The summed E-state index contributed by atoms with van der Waals surface area (Å²) in [4.78, 5) is 27.1. The molecule has 9 heteroatoms. The normalized spacial score (nSPS) is 11.3. The predicted molar refractivity (Wildman–Crippen MR) is 102 cm³/mol. The summed E-state index contributed by atoms with van der Waals surface area (Å²) in [6.45, 7) is -0.516. The number of fused-ring (bicyclic) bond motifs is 1. The molecule has 0 aliphatic rings. The first-order valence-electron chi connectivity index (χ1n) is 7.79. The van der Waals surface area contributed by atoms with E-state index in [2.05, 4.69) is 10.3 Å². The van der Waals surface area contributed by atoms with E-state index in [9.17, 15) is 18.0 Å². The molecule has 0 saturated carbocycles. The Balaban J connectivity index is 1.61. The van der Waals surface area contributed by atoms with Gasteiger partial charge in [-0.3, -0.25) is 4.79 Å². The van der Waals surface area contributed by atoms with Crippen LogP contribution in [0.2, 0.25) is 5.02 Å². The molecule has 27 heavy (non-hydrogen) atoms. The van der Waals surface area contributed by atoms with Crippen molar-refractivity contribution in [3.05, 3.63) is 59.2 Å². The Labute approximate surface area is 160 Å². The van der Waals surface area contributed by atoms with Gasteiger partial charge in [0.1, 0.15) is 5.69 Å². The maximum Gasteiger partial charge on any atom is 0.356 e. The van der Waals surface area contributed by atoms with Crippen LogP contribution in [0.5, 0.6) is 0 Å². The number of halogens is 1. The molecule has 2 aromatic carbocycles. The van der Waals surface area contributed by atoms with Crippen molar-refractivity contribution in [2.24, 2.45) is 0 Å². The molecule has 3 rings (SSSR count). The van der Waals surface area contributed by atoms with E-state index < -0.39 is 28.3 Å². The van der Waals surface area contributed by atoms with Crippen molar-refractivity contribution in [3.63, 3.8) is 0 Å².